The van der Waals surface area contributed by atoms with Crippen LogP contribution in [0.4, 0.5) is 26.3 Å². The lowest BCUT2D eigenvalue weighted by molar-refractivity contribution is -0.141. The zero-order valence-electron chi connectivity index (χ0n) is 20.4. The zero-order chi connectivity index (χ0) is 27.8. The van der Waals surface area contributed by atoms with E-state index in [4.69, 9.17) is 11.6 Å². The molecule has 38 heavy (non-hydrogen) atoms. The van der Waals surface area contributed by atoms with Crippen molar-refractivity contribution in [2.24, 2.45) is 11.8 Å². The summed E-state index contributed by atoms with van der Waals surface area (Å²) in [6, 6.07) is 6.03. The van der Waals surface area contributed by atoms with E-state index in [0.29, 0.717) is 61.4 Å². The third-order valence-corrected chi connectivity index (χ3v) is 7.51. The van der Waals surface area contributed by atoms with Gasteiger partial charge in [0.2, 0.25) is 0 Å². The van der Waals surface area contributed by atoms with Crippen LogP contribution in [0.5, 0.6) is 0 Å². The lowest BCUT2D eigenvalue weighted by Gasteiger charge is -2.23. The second-order valence-electron chi connectivity index (χ2n) is 9.82. The number of fused-ring (bicyclic) bond motifs is 1. The molecule has 0 aromatic heterocycles. The van der Waals surface area contributed by atoms with Gasteiger partial charge in [-0.05, 0) is 67.6 Å². The first kappa shape index (κ1) is 28.2. The number of nitrogens with zero attached hydrogens (tertiary/aromatic N) is 2. The number of alkyl halides is 6. The van der Waals surface area contributed by atoms with Crippen molar-refractivity contribution < 1.29 is 35.9 Å². The van der Waals surface area contributed by atoms with Crippen molar-refractivity contribution in [2.75, 3.05) is 39.3 Å². The number of benzene rings is 2. The summed E-state index contributed by atoms with van der Waals surface area (Å²) in [5.74, 6) is -1.23. The molecule has 2 aliphatic heterocycles. The standard InChI is InChI=1S/C26H26ClF6N3O2/c1-15-3-4-16(9-22(15)27)23(37)34-7-2-8-35-11-17-13-36(14-18(17)12-35)24(38)20-10-19(25(28,29)30)5-6-21(20)26(31,32)33/h3-6,9-10,17-18H,2,7-8,11-14H2,1H3,(H,34,37). The molecule has 0 saturated carbocycles. The number of hydrogen-bond acceptors (Lipinski definition) is 3. The number of likely N-dealkylation sites (tertiary alicyclic amines) is 2. The van der Waals surface area contributed by atoms with Crippen molar-refractivity contribution in [3.8, 4) is 0 Å². The summed E-state index contributed by atoms with van der Waals surface area (Å²) in [6.07, 6.45) is -9.15. The molecule has 206 valence electrons. The Hall–Kier alpha value is -2.79. The van der Waals surface area contributed by atoms with Crippen molar-refractivity contribution >= 4 is 23.4 Å². The van der Waals surface area contributed by atoms with Gasteiger partial charge < -0.3 is 15.1 Å². The summed E-state index contributed by atoms with van der Waals surface area (Å²) < 4.78 is 79.7. The lowest BCUT2D eigenvalue weighted by Crippen LogP contribution is -2.35. The van der Waals surface area contributed by atoms with E-state index in [0.717, 1.165) is 5.56 Å². The summed E-state index contributed by atoms with van der Waals surface area (Å²) >= 11 is 6.06. The van der Waals surface area contributed by atoms with Crippen LogP contribution in [-0.2, 0) is 12.4 Å². The number of halogens is 7. The summed E-state index contributed by atoms with van der Waals surface area (Å²) in [4.78, 5) is 28.6. The minimum Gasteiger partial charge on any atom is -0.352 e. The minimum atomic E-state index is -4.96. The third kappa shape index (κ3) is 6.26. The molecule has 2 heterocycles. The molecule has 0 aliphatic carbocycles. The monoisotopic (exact) mass is 561 g/mol. The van der Waals surface area contributed by atoms with Gasteiger partial charge in [0.1, 0.15) is 0 Å². The van der Waals surface area contributed by atoms with Crippen LogP contribution in [0, 0.1) is 18.8 Å². The summed E-state index contributed by atoms with van der Waals surface area (Å²) in [5, 5.41) is 3.35. The molecular formula is C26H26ClF6N3O2. The topological polar surface area (TPSA) is 52.7 Å². The molecule has 2 fully saturated rings. The third-order valence-electron chi connectivity index (χ3n) is 7.10. The van der Waals surface area contributed by atoms with Gasteiger partial charge in [-0.15, -0.1) is 0 Å². The molecule has 2 atom stereocenters. The molecule has 2 amide bonds. The summed E-state index contributed by atoms with van der Waals surface area (Å²) in [5.41, 5.74) is -2.30. The van der Waals surface area contributed by atoms with E-state index >= 15 is 0 Å². The number of amides is 2. The normalized spacial score (nSPS) is 20.1. The quantitative estimate of drug-likeness (QED) is 0.374. The fraction of sp³-hybridized carbons (Fsp3) is 0.462. The molecule has 0 spiro atoms. The van der Waals surface area contributed by atoms with E-state index in [2.05, 4.69) is 10.2 Å². The van der Waals surface area contributed by atoms with Crippen molar-refractivity contribution in [3.05, 3.63) is 69.2 Å². The van der Waals surface area contributed by atoms with Gasteiger partial charge in [-0.25, -0.2) is 0 Å². The van der Waals surface area contributed by atoms with Crippen LogP contribution in [0.2, 0.25) is 5.02 Å². The van der Waals surface area contributed by atoms with Crippen molar-refractivity contribution in [1.29, 1.82) is 0 Å². The number of carbonyl (C=O) groups excluding carboxylic acids is 2. The van der Waals surface area contributed by atoms with Gasteiger partial charge in [0.15, 0.2) is 0 Å². The van der Waals surface area contributed by atoms with Crippen molar-refractivity contribution in [1.82, 2.24) is 15.1 Å². The van der Waals surface area contributed by atoms with Gasteiger partial charge in [-0.2, -0.15) is 26.3 Å². The zero-order valence-corrected chi connectivity index (χ0v) is 21.2. The largest absolute Gasteiger partial charge is 0.417 e. The van der Waals surface area contributed by atoms with E-state index in [1.807, 2.05) is 6.92 Å². The maximum absolute atomic E-state index is 13.4. The van der Waals surface area contributed by atoms with E-state index in [1.54, 1.807) is 18.2 Å². The minimum absolute atomic E-state index is 0.0170. The summed E-state index contributed by atoms with van der Waals surface area (Å²) in [6.45, 7) is 4.56. The average Bonchev–Trinajstić information content (AvgIpc) is 3.40. The maximum Gasteiger partial charge on any atom is 0.417 e. The maximum atomic E-state index is 13.4. The average molecular weight is 562 g/mol. The van der Waals surface area contributed by atoms with E-state index in [1.165, 1.54) is 4.90 Å². The van der Waals surface area contributed by atoms with Crippen LogP contribution < -0.4 is 5.32 Å². The summed E-state index contributed by atoms with van der Waals surface area (Å²) in [7, 11) is 0. The Morgan fingerprint density at radius 2 is 1.61 bits per heavy atom. The van der Waals surface area contributed by atoms with Gasteiger partial charge in [0.05, 0.1) is 16.7 Å². The number of carbonyl (C=O) groups is 2. The van der Waals surface area contributed by atoms with Crippen LogP contribution in [0.15, 0.2) is 36.4 Å². The predicted octanol–water partition coefficient (Wildman–Crippen LogP) is 5.51. The number of aryl methyl sites for hydroxylation is 1. The highest BCUT2D eigenvalue weighted by Gasteiger charge is 2.44. The molecule has 2 aliphatic rings. The predicted molar refractivity (Wildman–Crippen MR) is 129 cm³/mol. The van der Waals surface area contributed by atoms with Crippen LogP contribution >= 0.6 is 11.6 Å². The Kier molecular flexibility index (Phi) is 7.99. The van der Waals surface area contributed by atoms with E-state index < -0.39 is 35.0 Å². The first-order valence-corrected chi connectivity index (χ1v) is 12.5. The first-order valence-electron chi connectivity index (χ1n) is 12.1. The Morgan fingerprint density at radius 1 is 0.947 bits per heavy atom. The van der Waals surface area contributed by atoms with Gasteiger partial charge in [0, 0.05) is 43.3 Å². The smallest absolute Gasteiger partial charge is 0.352 e. The van der Waals surface area contributed by atoms with Gasteiger partial charge in [0.25, 0.3) is 11.8 Å². The highest BCUT2D eigenvalue weighted by molar-refractivity contribution is 6.31. The van der Waals surface area contributed by atoms with Crippen LogP contribution in [0.3, 0.4) is 0 Å². The first-order chi connectivity index (χ1) is 17.7. The van der Waals surface area contributed by atoms with Crippen LogP contribution in [-0.4, -0.2) is 60.9 Å². The fourth-order valence-electron chi connectivity index (χ4n) is 5.09. The second-order valence-corrected chi connectivity index (χ2v) is 10.2. The van der Waals surface area contributed by atoms with E-state index in [9.17, 15) is 35.9 Å². The molecule has 2 aromatic carbocycles. The number of hydrogen-bond donors (Lipinski definition) is 1. The Morgan fingerprint density at radius 3 is 2.18 bits per heavy atom. The molecule has 1 N–H and O–H groups in total. The molecule has 0 bridgehead atoms. The van der Waals surface area contributed by atoms with Crippen LogP contribution in [0.1, 0.15) is 43.8 Å². The second kappa shape index (κ2) is 10.8. The van der Waals surface area contributed by atoms with Gasteiger partial charge >= 0.3 is 12.4 Å². The molecule has 5 nitrogen and oxygen atoms in total. The Balaban J connectivity index is 1.29. The number of rotatable bonds is 6. The van der Waals surface area contributed by atoms with Crippen molar-refractivity contribution in [2.45, 2.75) is 25.7 Å². The fourth-order valence-corrected chi connectivity index (χ4v) is 5.28. The molecule has 2 saturated heterocycles. The SMILES string of the molecule is Cc1ccc(C(=O)NCCCN2CC3CN(C(=O)c4cc(C(F)(F)F)ccc4C(F)(F)F)CC3C2)cc1Cl. The Bertz CT molecular complexity index is 1200. The molecule has 2 aromatic rings. The molecule has 12 heteroatoms. The van der Waals surface area contributed by atoms with Crippen LogP contribution in [0.25, 0.3) is 0 Å². The van der Waals surface area contributed by atoms with E-state index in [-0.39, 0.29) is 30.8 Å². The van der Waals surface area contributed by atoms with Gasteiger partial charge in [-0.3, -0.25) is 9.59 Å². The highest BCUT2D eigenvalue weighted by atomic mass is 35.5. The molecule has 2 unspecified atom stereocenters. The highest BCUT2D eigenvalue weighted by Crippen LogP contribution is 2.38. The lowest BCUT2D eigenvalue weighted by atomic mass is 10.0. The van der Waals surface area contributed by atoms with Gasteiger partial charge in [-0.1, -0.05) is 17.7 Å². The van der Waals surface area contributed by atoms with Crippen molar-refractivity contribution in [3.63, 3.8) is 0 Å². The molecule has 0 radical (unpaired) electrons. The number of nitrogens with one attached hydrogen (secondary N) is 1. The Labute approximate surface area is 220 Å². The molecular weight excluding hydrogens is 536 g/mol. The molecule has 4 rings (SSSR count).